The predicted molar refractivity (Wildman–Crippen MR) is 76.3 cm³/mol. The number of carboxylic acid groups (broad SMARTS) is 1. The van der Waals surface area contributed by atoms with Gasteiger partial charge in [-0.05, 0) is 31.9 Å². The first kappa shape index (κ1) is 16.4. The molecule has 1 amide bonds. The first-order chi connectivity index (χ1) is 10.3. The zero-order valence-electron chi connectivity index (χ0n) is 12.6. The quantitative estimate of drug-likeness (QED) is 0.879. The van der Waals surface area contributed by atoms with Gasteiger partial charge in [-0.25, -0.2) is 8.78 Å². The van der Waals surface area contributed by atoms with Gasteiger partial charge < -0.3 is 10.0 Å². The SMILES string of the molecule is CC(CN(C(=O)C(C)c1c(F)cccc1F)C1CC1)C(=O)O. The summed E-state index contributed by atoms with van der Waals surface area (Å²) in [4.78, 5) is 25.0. The summed E-state index contributed by atoms with van der Waals surface area (Å²) < 4.78 is 27.7. The summed E-state index contributed by atoms with van der Waals surface area (Å²) in [5.74, 6) is -4.65. The average Bonchev–Trinajstić information content (AvgIpc) is 3.27. The zero-order valence-corrected chi connectivity index (χ0v) is 12.6. The molecule has 2 atom stereocenters. The molecule has 0 aromatic heterocycles. The molecule has 0 saturated heterocycles. The second kappa shape index (κ2) is 6.42. The molecule has 1 N–H and O–H groups in total. The maximum absolute atomic E-state index is 13.8. The third kappa shape index (κ3) is 3.43. The highest BCUT2D eigenvalue weighted by Gasteiger charge is 2.37. The number of aliphatic carboxylic acids is 1. The molecule has 1 aliphatic carbocycles. The second-order valence-corrected chi connectivity index (χ2v) is 5.82. The van der Waals surface area contributed by atoms with Crippen LogP contribution in [0.25, 0.3) is 0 Å². The summed E-state index contributed by atoms with van der Waals surface area (Å²) >= 11 is 0. The Hall–Kier alpha value is -1.98. The van der Waals surface area contributed by atoms with Crippen LogP contribution in [0.4, 0.5) is 8.78 Å². The number of hydrogen-bond acceptors (Lipinski definition) is 2. The van der Waals surface area contributed by atoms with Crippen LogP contribution < -0.4 is 0 Å². The van der Waals surface area contributed by atoms with Crippen molar-refractivity contribution in [1.29, 1.82) is 0 Å². The lowest BCUT2D eigenvalue weighted by Crippen LogP contribution is -2.41. The van der Waals surface area contributed by atoms with E-state index in [2.05, 4.69) is 0 Å². The summed E-state index contributed by atoms with van der Waals surface area (Å²) in [6, 6.07) is 3.45. The maximum Gasteiger partial charge on any atom is 0.308 e. The van der Waals surface area contributed by atoms with E-state index in [9.17, 15) is 18.4 Å². The number of rotatable bonds is 6. The van der Waals surface area contributed by atoms with Gasteiger partial charge in [-0.2, -0.15) is 0 Å². The molecule has 1 aliphatic rings. The first-order valence-electron chi connectivity index (χ1n) is 7.30. The van der Waals surface area contributed by atoms with Gasteiger partial charge in [-0.1, -0.05) is 13.0 Å². The number of benzene rings is 1. The molecular formula is C16H19F2NO3. The molecule has 0 aliphatic heterocycles. The van der Waals surface area contributed by atoms with Gasteiger partial charge in [0, 0.05) is 18.2 Å². The lowest BCUT2D eigenvalue weighted by molar-refractivity contribution is -0.143. The van der Waals surface area contributed by atoms with E-state index in [1.165, 1.54) is 24.8 Å². The molecule has 0 spiro atoms. The normalized spacial score (nSPS) is 16.9. The molecule has 120 valence electrons. The van der Waals surface area contributed by atoms with Crippen LogP contribution in [0.2, 0.25) is 0 Å². The van der Waals surface area contributed by atoms with E-state index < -0.39 is 35.3 Å². The number of halogens is 2. The molecule has 4 nitrogen and oxygen atoms in total. The van der Waals surface area contributed by atoms with Crippen molar-refractivity contribution in [3.8, 4) is 0 Å². The number of hydrogen-bond donors (Lipinski definition) is 1. The minimum absolute atomic E-state index is 0.0217. The van der Waals surface area contributed by atoms with E-state index >= 15 is 0 Å². The monoisotopic (exact) mass is 311 g/mol. The summed E-state index contributed by atoms with van der Waals surface area (Å²) in [5, 5.41) is 9.00. The Bertz CT molecular complexity index is 567. The highest BCUT2D eigenvalue weighted by molar-refractivity contribution is 5.84. The smallest absolute Gasteiger partial charge is 0.308 e. The Kier molecular flexibility index (Phi) is 4.78. The Morgan fingerprint density at radius 2 is 1.82 bits per heavy atom. The van der Waals surface area contributed by atoms with Crippen LogP contribution in [-0.4, -0.2) is 34.5 Å². The molecule has 2 unspecified atom stereocenters. The highest BCUT2D eigenvalue weighted by atomic mass is 19.1. The van der Waals surface area contributed by atoms with Crippen LogP contribution in [0.1, 0.15) is 38.2 Å². The van der Waals surface area contributed by atoms with Crippen molar-refractivity contribution in [2.45, 2.75) is 38.6 Å². The van der Waals surface area contributed by atoms with E-state index in [1.807, 2.05) is 0 Å². The molecule has 1 fully saturated rings. The summed E-state index contributed by atoms with van der Waals surface area (Å²) in [6.45, 7) is 3.02. The Morgan fingerprint density at radius 3 is 2.27 bits per heavy atom. The molecule has 1 saturated carbocycles. The fraction of sp³-hybridized carbons (Fsp3) is 0.500. The fourth-order valence-corrected chi connectivity index (χ4v) is 2.47. The summed E-state index contributed by atoms with van der Waals surface area (Å²) in [5.41, 5.74) is -0.263. The third-order valence-corrected chi connectivity index (χ3v) is 3.97. The van der Waals surface area contributed by atoms with Crippen molar-refractivity contribution in [2.75, 3.05) is 6.54 Å². The van der Waals surface area contributed by atoms with Crippen LogP contribution in [0, 0.1) is 17.6 Å². The number of amides is 1. The minimum atomic E-state index is -0.997. The Labute approximate surface area is 127 Å². The van der Waals surface area contributed by atoms with Gasteiger partial charge in [0.25, 0.3) is 0 Å². The lowest BCUT2D eigenvalue weighted by atomic mass is 9.97. The molecule has 0 heterocycles. The molecule has 0 radical (unpaired) electrons. The van der Waals surface area contributed by atoms with E-state index in [-0.39, 0.29) is 18.2 Å². The minimum Gasteiger partial charge on any atom is -0.481 e. The van der Waals surface area contributed by atoms with Crippen molar-refractivity contribution < 1.29 is 23.5 Å². The molecule has 0 bridgehead atoms. The fourth-order valence-electron chi connectivity index (χ4n) is 2.47. The van der Waals surface area contributed by atoms with Gasteiger partial charge in [-0.15, -0.1) is 0 Å². The molecule has 1 aromatic carbocycles. The molecule has 1 aromatic rings. The number of carbonyl (C=O) groups excluding carboxylic acids is 1. The topological polar surface area (TPSA) is 57.6 Å². The first-order valence-corrected chi connectivity index (χ1v) is 7.30. The van der Waals surface area contributed by atoms with Gasteiger partial charge in [-0.3, -0.25) is 9.59 Å². The van der Waals surface area contributed by atoms with Gasteiger partial charge in [0.1, 0.15) is 11.6 Å². The van der Waals surface area contributed by atoms with Crippen molar-refractivity contribution in [3.63, 3.8) is 0 Å². The van der Waals surface area contributed by atoms with Gasteiger partial charge >= 0.3 is 5.97 Å². The molecule has 22 heavy (non-hydrogen) atoms. The largest absolute Gasteiger partial charge is 0.481 e. The van der Waals surface area contributed by atoms with Crippen LogP contribution in [-0.2, 0) is 9.59 Å². The van der Waals surface area contributed by atoms with Crippen molar-refractivity contribution in [3.05, 3.63) is 35.4 Å². The zero-order chi connectivity index (χ0) is 16.4. The molecule has 6 heteroatoms. The van der Waals surface area contributed by atoms with Crippen molar-refractivity contribution in [2.24, 2.45) is 5.92 Å². The van der Waals surface area contributed by atoms with E-state index in [4.69, 9.17) is 5.11 Å². The molecular weight excluding hydrogens is 292 g/mol. The van der Waals surface area contributed by atoms with Gasteiger partial charge in [0.2, 0.25) is 5.91 Å². The number of carboxylic acids is 1. The van der Waals surface area contributed by atoms with Crippen molar-refractivity contribution in [1.82, 2.24) is 4.90 Å². The Balaban J connectivity index is 2.21. The van der Waals surface area contributed by atoms with E-state index in [1.54, 1.807) is 0 Å². The number of nitrogens with zero attached hydrogens (tertiary/aromatic N) is 1. The predicted octanol–water partition coefficient (Wildman–Crippen LogP) is 2.78. The molecule has 2 rings (SSSR count). The average molecular weight is 311 g/mol. The Morgan fingerprint density at radius 1 is 1.27 bits per heavy atom. The summed E-state index contributed by atoms with van der Waals surface area (Å²) in [7, 11) is 0. The van der Waals surface area contributed by atoms with Crippen LogP contribution in [0.15, 0.2) is 18.2 Å². The standard InChI is InChI=1S/C16H19F2NO3/c1-9(16(21)22)8-19(11-6-7-11)15(20)10(2)14-12(17)4-3-5-13(14)18/h3-5,9-11H,6-8H2,1-2H3,(H,21,22). The van der Waals surface area contributed by atoms with Gasteiger partial charge in [0.15, 0.2) is 0 Å². The number of carbonyl (C=O) groups is 2. The van der Waals surface area contributed by atoms with E-state index in [0.29, 0.717) is 0 Å². The summed E-state index contributed by atoms with van der Waals surface area (Å²) in [6.07, 6.45) is 1.59. The van der Waals surface area contributed by atoms with E-state index in [0.717, 1.165) is 25.0 Å². The lowest BCUT2D eigenvalue weighted by Gasteiger charge is -2.27. The van der Waals surface area contributed by atoms with Crippen LogP contribution >= 0.6 is 0 Å². The van der Waals surface area contributed by atoms with Crippen molar-refractivity contribution >= 4 is 11.9 Å². The third-order valence-electron chi connectivity index (χ3n) is 3.97. The maximum atomic E-state index is 13.8. The second-order valence-electron chi connectivity index (χ2n) is 5.82. The van der Waals surface area contributed by atoms with Gasteiger partial charge in [0.05, 0.1) is 11.8 Å². The van der Waals surface area contributed by atoms with Crippen LogP contribution in [0.5, 0.6) is 0 Å². The van der Waals surface area contributed by atoms with Crippen LogP contribution in [0.3, 0.4) is 0 Å². The highest BCUT2D eigenvalue weighted by Crippen LogP contribution is 2.32.